The minimum Gasteiger partial charge on any atom is -0.497 e. The topological polar surface area (TPSA) is 73.6 Å². The minimum atomic E-state index is -3.81. The zero-order valence-corrected chi connectivity index (χ0v) is 16.8. The van der Waals surface area contributed by atoms with Gasteiger partial charge in [-0.25, -0.2) is 8.42 Å². The summed E-state index contributed by atoms with van der Waals surface area (Å²) in [6.07, 6.45) is -0.213. The van der Waals surface area contributed by atoms with E-state index in [1.165, 1.54) is 0 Å². The molecule has 0 spiro atoms. The average Bonchev–Trinajstić information content (AvgIpc) is 3.12. The lowest BCUT2D eigenvalue weighted by atomic mass is 10.1. The monoisotopic (exact) mass is 398 g/mol. The van der Waals surface area contributed by atoms with Crippen LogP contribution in [0.2, 0.25) is 0 Å². The number of hydrogen-bond acceptors (Lipinski definition) is 5. The Morgan fingerprint density at radius 2 is 1.61 bits per heavy atom. The van der Waals surface area contributed by atoms with E-state index >= 15 is 0 Å². The molecule has 0 aliphatic carbocycles. The molecule has 0 bridgehead atoms. The van der Waals surface area contributed by atoms with Crippen LogP contribution in [0.25, 0.3) is 0 Å². The SMILES string of the molecule is COc1ccc(C(=O)C[C@@H](c2ccc(C)o2)S(=O)(=O)c2ccc(C)cc2)cc1. The molecular weight excluding hydrogens is 376 g/mol. The summed E-state index contributed by atoms with van der Waals surface area (Å²) in [6.45, 7) is 3.63. The van der Waals surface area contributed by atoms with Gasteiger partial charge in [-0.1, -0.05) is 17.7 Å². The first-order valence-electron chi connectivity index (χ1n) is 8.85. The number of sulfone groups is 1. The van der Waals surface area contributed by atoms with Gasteiger partial charge in [0.15, 0.2) is 15.6 Å². The van der Waals surface area contributed by atoms with Crippen LogP contribution in [0.3, 0.4) is 0 Å². The number of carbonyl (C=O) groups is 1. The maximum atomic E-state index is 13.3. The van der Waals surface area contributed by atoms with Gasteiger partial charge >= 0.3 is 0 Å². The molecule has 0 fully saturated rings. The Kier molecular flexibility index (Phi) is 5.70. The summed E-state index contributed by atoms with van der Waals surface area (Å²) < 4.78 is 37.3. The Labute approximate surface area is 164 Å². The molecule has 1 aromatic heterocycles. The number of furan rings is 1. The van der Waals surface area contributed by atoms with Crippen molar-refractivity contribution in [2.75, 3.05) is 7.11 Å². The van der Waals surface area contributed by atoms with Crippen molar-refractivity contribution < 1.29 is 22.4 Å². The predicted octanol–water partition coefficient (Wildman–Crippen LogP) is 4.69. The third-order valence-corrected chi connectivity index (χ3v) is 6.66. The van der Waals surface area contributed by atoms with Gasteiger partial charge in [-0.3, -0.25) is 4.79 Å². The van der Waals surface area contributed by atoms with E-state index in [0.717, 1.165) is 5.56 Å². The Hall–Kier alpha value is -2.86. The van der Waals surface area contributed by atoms with Crippen molar-refractivity contribution in [3.63, 3.8) is 0 Å². The van der Waals surface area contributed by atoms with E-state index < -0.39 is 15.1 Å². The molecule has 0 N–H and O–H groups in total. The van der Waals surface area contributed by atoms with Crippen molar-refractivity contribution in [3.05, 3.63) is 83.3 Å². The molecule has 28 heavy (non-hydrogen) atoms. The second kappa shape index (κ2) is 8.02. The molecule has 1 atom stereocenters. The van der Waals surface area contributed by atoms with E-state index in [2.05, 4.69) is 0 Å². The zero-order valence-electron chi connectivity index (χ0n) is 16.0. The number of aryl methyl sites for hydroxylation is 2. The van der Waals surface area contributed by atoms with E-state index in [0.29, 0.717) is 17.1 Å². The molecule has 5 nitrogen and oxygen atoms in total. The van der Waals surface area contributed by atoms with Gasteiger partial charge in [-0.05, 0) is 62.4 Å². The molecule has 146 valence electrons. The zero-order chi connectivity index (χ0) is 20.3. The first kappa shape index (κ1) is 19.9. The van der Waals surface area contributed by atoms with Gasteiger partial charge in [0.1, 0.15) is 22.5 Å². The molecule has 0 radical (unpaired) electrons. The third-order valence-electron chi connectivity index (χ3n) is 4.59. The number of methoxy groups -OCH3 is 1. The van der Waals surface area contributed by atoms with Gasteiger partial charge < -0.3 is 9.15 Å². The number of Topliss-reactive ketones (excluding diaryl/α,β-unsaturated/α-hetero) is 1. The van der Waals surface area contributed by atoms with Gasteiger partial charge in [0.2, 0.25) is 0 Å². The van der Waals surface area contributed by atoms with Crippen LogP contribution in [0, 0.1) is 13.8 Å². The second-order valence-corrected chi connectivity index (χ2v) is 8.78. The minimum absolute atomic E-state index is 0.166. The molecule has 2 aromatic carbocycles. The summed E-state index contributed by atoms with van der Waals surface area (Å²) in [5, 5.41) is -1.10. The number of rotatable bonds is 7. The summed E-state index contributed by atoms with van der Waals surface area (Å²) in [5.41, 5.74) is 1.38. The highest BCUT2D eigenvalue weighted by Gasteiger charge is 2.34. The highest BCUT2D eigenvalue weighted by atomic mass is 32.2. The predicted molar refractivity (Wildman–Crippen MR) is 106 cm³/mol. The summed E-state index contributed by atoms with van der Waals surface area (Å²) in [5.74, 6) is 1.20. The van der Waals surface area contributed by atoms with Crippen molar-refractivity contribution in [3.8, 4) is 5.75 Å². The lowest BCUT2D eigenvalue weighted by Crippen LogP contribution is -2.17. The van der Waals surface area contributed by atoms with Crippen LogP contribution >= 0.6 is 0 Å². The molecule has 6 heteroatoms. The van der Waals surface area contributed by atoms with E-state index in [4.69, 9.17) is 9.15 Å². The highest BCUT2D eigenvalue weighted by molar-refractivity contribution is 7.91. The lowest BCUT2D eigenvalue weighted by molar-refractivity contribution is 0.0978. The van der Waals surface area contributed by atoms with Crippen LogP contribution in [0.1, 0.15) is 39.1 Å². The van der Waals surface area contributed by atoms with Crippen molar-refractivity contribution in [2.24, 2.45) is 0 Å². The van der Waals surface area contributed by atoms with Crippen molar-refractivity contribution in [2.45, 2.75) is 30.4 Å². The molecule has 0 aliphatic heterocycles. The Morgan fingerprint density at radius 1 is 0.964 bits per heavy atom. The van der Waals surface area contributed by atoms with Crippen LogP contribution in [-0.2, 0) is 9.84 Å². The molecule has 0 amide bonds. The largest absolute Gasteiger partial charge is 0.497 e. The molecular formula is C22H22O5S. The number of benzene rings is 2. The quantitative estimate of drug-likeness (QED) is 0.540. The number of ketones is 1. The van der Waals surface area contributed by atoms with E-state index in [1.54, 1.807) is 74.7 Å². The summed E-state index contributed by atoms with van der Waals surface area (Å²) in [7, 11) is -2.27. The van der Waals surface area contributed by atoms with Gasteiger partial charge in [0.25, 0.3) is 0 Å². The lowest BCUT2D eigenvalue weighted by Gasteiger charge is -2.16. The van der Waals surface area contributed by atoms with Gasteiger partial charge in [-0.15, -0.1) is 0 Å². The standard InChI is InChI=1S/C22H22O5S/c1-15-4-11-19(12-5-15)28(24,25)22(21-13-6-16(2)27-21)14-20(23)17-7-9-18(26-3)10-8-17/h4-13,22H,14H2,1-3H3/t22-/m0/s1. The summed E-state index contributed by atoms with van der Waals surface area (Å²) >= 11 is 0. The van der Waals surface area contributed by atoms with Crippen molar-refractivity contribution in [1.29, 1.82) is 0 Å². The molecule has 0 saturated carbocycles. The second-order valence-electron chi connectivity index (χ2n) is 6.65. The van der Waals surface area contributed by atoms with Crippen molar-refractivity contribution >= 4 is 15.6 Å². The maximum Gasteiger partial charge on any atom is 0.188 e. The van der Waals surface area contributed by atoms with E-state index in [1.807, 2.05) is 6.92 Å². The summed E-state index contributed by atoms with van der Waals surface area (Å²) in [6, 6.07) is 16.5. The Bertz CT molecular complexity index is 1060. The first-order chi connectivity index (χ1) is 13.3. The molecule has 3 rings (SSSR count). The maximum absolute atomic E-state index is 13.3. The summed E-state index contributed by atoms with van der Waals surface area (Å²) in [4.78, 5) is 13.0. The Morgan fingerprint density at radius 3 is 2.14 bits per heavy atom. The smallest absolute Gasteiger partial charge is 0.188 e. The fraction of sp³-hybridized carbons (Fsp3) is 0.227. The molecule has 0 aliphatic rings. The fourth-order valence-electron chi connectivity index (χ4n) is 2.95. The fourth-order valence-corrected chi connectivity index (χ4v) is 4.59. The molecule has 3 aromatic rings. The normalized spacial score (nSPS) is 12.5. The Balaban J connectivity index is 1.97. The number of ether oxygens (including phenoxy) is 1. The third kappa shape index (κ3) is 4.17. The van der Waals surface area contributed by atoms with Gasteiger partial charge in [0.05, 0.1) is 12.0 Å². The van der Waals surface area contributed by atoms with E-state index in [9.17, 15) is 13.2 Å². The van der Waals surface area contributed by atoms with Gasteiger partial charge in [-0.2, -0.15) is 0 Å². The van der Waals surface area contributed by atoms with Crippen molar-refractivity contribution in [1.82, 2.24) is 0 Å². The highest BCUT2D eigenvalue weighted by Crippen LogP contribution is 2.34. The van der Waals surface area contributed by atoms with Crippen LogP contribution in [0.15, 0.2) is 70.0 Å². The van der Waals surface area contributed by atoms with E-state index in [-0.39, 0.29) is 22.9 Å². The number of hydrogen-bond donors (Lipinski definition) is 0. The van der Waals surface area contributed by atoms with Crippen LogP contribution < -0.4 is 4.74 Å². The van der Waals surface area contributed by atoms with Gasteiger partial charge in [0, 0.05) is 12.0 Å². The van der Waals surface area contributed by atoms with Crippen LogP contribution in [0.5, 0.6) is 5.75 Å². The average molecular weight is 398 g/mol. The number of carbonyl (C=O) groups excluding carboxylic acids is 1. The van der Waals surface area contributed by atoms with Crippen LogP contribution in [-0.4, -0.2) is 21.3 Å². The van der Waals surface area contributed by atoms with Crippen LogP contribution in [0.4, 0.5) is 0 Å². The molecule has 0 saturated heterocycles. The first-order valence-corrected chi connectivity index (χ1v) is 10.4. The molecule has 0 unspecified atom stereocenters. The molecule has 1 heterocycles.